The van der Waals surface area contributed by atoms with Crippen LogP contribution in [0, 0.1) is 0 Å². The summed E-state index contributed by atoms with van der Waals surface area (Å²) in [5, 5.41) is 0. The van der Waals surface area contributed by atoms with Crippen LogP contribution in [-0.4, -0.2) is 74.9 Å². The summed E-state index contributed by atoms with van der Waals surface area (Å²) in [5.74, 6) is -0.807. The molecule has 1 N–H and O–H groups in total. The van der Waals surface area contributed by atoms with E-state index < -0.39 is 26.5 Å². The number of quaternary nitrogens is 1. The molecule has 2 atom stereocenters. The number of unbranched alkanes of at least 4 members (excludes halogenated alkanes) is 22. The lowest BCUT2D eigenvalue weighted by Gasteiger charge is -2.24. The number of esters is 2. The number of phosphoric acid groups is 1. The van der Waals surface area contributed by atoms with Gasteiger partial charge in [-0.25, -0.2) is 4.57 Å². The number of ether oxygens (including phenoxy) is 2. The van der Waals surface area contributed by atoms with Gasteiger partial charge in [0, 0.05) is 12.8 Å². The second-order valence-corrected chi connectivity index (χ2v) is 17.5. The molecule has 1 unspecified atom stereocenters. The van der Waals surface area contributed by atoms with Crippen LogP contribution in [0.15, 0.2) is 24.3 Å². The minimum atomic E-state index is -4.37. The first kappa shape index (κ1) is 52.5. The Balaban J connectivity index is 4.36. The van der Waals surface area contributed by atoms with Crippen LogP contribution >= 0.6 is 7.82 Å². The van der Waals surface area contributed by atoms with E-state index in [2.05, 4.69) is 38.2 Å². The van der Waals surface area contributed by atoms with Crippen molar-refractivity contribution in [3.63, 3.8) is 0 Å². The Morgan fingerprint density at radius 2 is 0.963 bits per heavy atom. The molecule has 54 heavy (non-hydrogen) atoms. The van der Waals surface area contributed by atoms with Crippen molar-refractivity contribution in [2.75, 3.05) is 47.5 Å². The van der Waals surface area contributed by atoms with Gasteiger partial charge in [0.05, 0.1) is 27.7 Å². The van der Waals surface area contributed by atoms with E-state index in [4.69, 9.17) is 18.5 Å². The highest BCUT2D eigenvalue weighted by molar-refractivity contribution is 7.47. The molecule has 0 rings (SSSR count). The quantitative estimate of drug-likeness (QED) is 0.0215. The van der Waals surface area contributed by atoms with Crippen molar-refractivity contribution in [3.8, 4) is 0 Å². The second kappa shape index (κ2) is 37.1. The van der Waals surface area contributed by atoms with Crippen molar-refractivity contribution < 1.29 is 42.1 Å². The van der Waals surface area contributed by atoms with Gasteiger partial charge in [0.25, 0.3) is 0 Å². The molecule has 0 saturated carbocycles. The highest BCUT2D eigenvalue weighted by Gasteiger charge is 2.27. The lowest BCUT2D eigenvalue weighted by Crippen LogP contribution is -2.37. The fraction of sp³-hybridized carbons (Fsp3) is 0.864. The molecule has 10 heteroatoms. The summed E-state index contributed by atoms with van der Waals surface area (Å²) >= 11 is 0. The van der Waals surface area contributed by atoms with Crippen LogP contribution in [-0.2, 0) is 32.7 Å². The van der Waals surface area contributed by atoms with Crippen molar-refractivity contribution in [2.24, 2.45) is 0 Å². The Morgan fingerprint density at radius 1 is 0.556 bits per heavy atom. The number of nitrogens with zero attached hydrogens (tertiary/aromatic N) is 1. The third-order valence-corrected chi connectivity index (χ3v) is 10.4. The molecule has 0 amide bonds. The topological polar surface area (TPSA) is 108 Å². The fourth-order valence-corrected chi connectivity index (χ4v) is 6.67. The van der Waals surface area contributed by atoms with E-state index in [9.17, 15) is 19.0 Å². The summed E-state index contributed by atoms with van der Waals surface area (Å²) in [6, 6.07) is 0. The minimum Gasteiger partial charge on any atom is -0.462 e. The maximum Gasteiger partial charge on any atom is 0.472 e. The molecule has 0 heterocycles. The Labute approximate surface area is 332 Å². The Morgan fingerprint density at radius 3 is 1.43 bits per heavy atom. The SMILES string of the molecule is CCCC/C=C/CCCCCCCCCCCC(=O)O[C@H](COC(=O)CCCCCCC/C=C/CCCCCCCC)COP(=O)(O)OCC[N+](C)(C)C. The van der Waals surface area contributed by atoms with Crippen LogP contribution in [0.4, 0.5) is 0 Å². The monoisotopic (exact) mass is 787 g/mol. The van der Waals surface area contributed by atoms with Crippen molar-refractivity contribution >= 4 is 19.8 Å². The number of carbonyl (C=O) groups is 2. The van der Waals surface area contributed by atoms with Gasteiger partial charge in [-0.2, -0.15) is 0 Å². The molecule has 9 nitrogen and oxygen atoms in total. The average Bonchev–Trinajstić information content (AvgIpc) is 3.12. The summed E-state index contributed by atoms with van der Waals surface area (Å²) in [6.07, 6.45) is 39.3. The van der Waals surface area contributed by atoms with Crippen LogP contribution in [0.2, 0.25) is 0 Å². The first-order chi connectivity index (χ1) is 26.0. The van der Waals surface area contributed by atoms with E-state index in [1.54, 1.807) is 0 Å². The molecule has 0 aromatic carbocycles. The van der Waals surface area contributed by atoms with E-state index in [-0.39, 0.29) is 32.0 Å². The smallest absolute Gasteiger partial charge is 0.462 e. The molecule has 0 bridgehead atoms. The maximum atomic E-state index is 12.7. The van der Waals surface area contributed by atoms with Crippen molar-refractivity contribution in [2.45, 2.75) is 200 Å². The molecule has 0 fully saturated rings. The van der Waals surface area contributed by atoms with Gasteiger partial charge in [-0.05, 0) is 57.8 Å². The first-order valence-electron chi connectivity index (χ1n) is 22.1. The molecule has 0 radical (unpaired) electrons. The molecule has 0 spiro atoms. The van der Waals surface area contributed by atoms with Gasteiger partial charge in [0.1, 0.15) is 19.8 Å². The van der Waals surface area contributed by atoms with Gasteiger partial charge >= 0.3 is 19.8 Å². The second-order valence-electron chi connectivity index (χ2n) is 16.1. The number of hydrogen-bond acceptors (Lipinski definition) is 7. The summed E-state index contributed by atoms with van der Waals surface area (Å²) in [4.78, 5) is 35.3. The van der Waals surface area contributed by atoms with Crippen molar-refractivity contribution in [3.05, 3.63) is 24.3 Å². The Bertz CT molecular complexity index is 980. The van der Waals surface area contributed by atoms with E-state index in [1.165, 1.54) is 103 Å². The van der Waals surface area contributed by atoms with Crippen molar-refractivity contribution in [1.29, 1.82) is 0 Å². The van der Waals surface area contributed by atoms with Gasteiger partial charge in [0.15, 0.2) is 6.10 Å². The predicted molar refractivity (Wildman–Crippen MR) is 224 cm³/mol. The molecule has 0 saturated heterocycles. The lowest BCUT2D eigenvalue weighted by atomic mass is 10.1. The maximum absolute atomic E-state index is 12.7. The summed E-state index contributed by atoms with van der Waals surface area (Å²) in [7, 11) is 1.47. The minimum absolute atomic E-state index is 0.0312. The summed E-state index contributed by atoms with van der Waals surface area (Å²) < 4.78 is 34.3. The van der Waals surface area contributed by atoms with Gasteiger partial charge in [-0.1, -0.05) is 147 Å². The fourth-order valence-electron chi connectivity index (χ4n) is 5.93. The number of carbonyl (C=O) groups excluding carboxylic acids is 2. The molecule has 0 aliphatic rings. The summed E-state index contributed by atoms with van der Waals surface area (Å²) in [5.41, 5.74) is 0. The third-order valence-electron chi connectivity index (χ3n) is 9.45. The number of phosphoric ester groups is 1. The van der Waals surface area contributed by atoms with Crippen LogP contribution in [0.5, 0.6) is 0 Å². The largest absolute Gasteiger partial charge is 0.472 e. The van der Waals surface area contributed by atoms with Crippen LogP contribution in [0.25, 0.3) is 0 Å². The number of hydrogen-bond donors (Lipinski definition) is 1. The zero-order chi connectivity index (χ0) is 40.0. The van der Waals surface area contributed by atoms with Gasteiger partial charge in [-0.3, -0.25) is 18.6 Å². The molecular weight excluding hydrogens is 701 g/mol. The van der Waals surface area contributed by atoms with Crippen LogP contribution in [0.1, 0.15) is 194 Å². The molecular formula is C44H85NO8P+. The molecule has 0 aromatic heterocycles. The highest BCUT2D eigenvalue weighted by Crippen LogP contribution is 2.43. The molecule has 0 aliphatic heterocycles. The van der Waals surface area contributed by atoms with Crippen LogP contribution < -0.4 is 0 Å². The summed E-state index contributed by atoms with van der Waals surface area (Å²) in [6.45, 7) is 4.38. The van der Waals surface area contributed by atoms with Crippen LogP contribution in [0.3, 0.4) is 0 Å². The average molecular weight is 787 g/mol. The lowest BCUT2D eigenvalue weighted by molar-refractivity contribution is -0.870. The zero-order valence-corrected chi connectivity index (χ0v) is 36.6. The standard InChI is InChI=1S/C44H84NO8P/c1-6-8-10-12-14-16-18-20-22-24-26-28-30-32-34-36-43(46)50-40-42(41-52-54(48,49)51-39-38-45(3,4)5)53-44(47)37-35-33-31-29-27-25-23-21-19-17-15-13-11-9-7-2/h13,15,20,22,42H,6-12,14,16-19,21,23-41H2,1-5H3/p+1/b15-13+,22-20+/t42-/m1/s1. The molecule has 0 aliphatic carbocycles. The van der Waals surface area contributed by atoms with E-state index in [1.807, 2.05) is 21.1 Å². The number of allylic oxidation sites excluding steroid dienone is 4. The normalized spacial score (nSPS) is 13.8. The van der Waals surface area contributed by atoms with E-state index in [0.29, 0.717) is 17.4 Å². The Hall–Kier alpha value is -1.51. The molecule has 0 aromatic rings. The number of rotatable bonds is 40. The highest BCUT2D eigenvalue weighted by atomic mass is 31.2. The Kier molecular flexibility index (Phi) is 36.1. The van der Waals surface area contributed by atoms with E-state index >= 15 is 0 Å². The van der Waals surface area contributed by atoms with E-state index in [0.717, 1.165) is 57.8 Å². The number of likely N-dealkylation sites (N-methyl/N-ethyl adjacent to an activating group) is 1. The molecule has 318 valence electrons. The predicted octanol–water partition coefficient (Wildman–Crippen LogP) is 12.4. The zero-order valence-electron chi connectivity index (χ0n) is 35.7. The third kappa shape index (κ3) is 40.2. The first-order valence-corrected chi connectivity index (χ1v) is 23.6. The van der Waals surface area contributed by atoms with Crippen molar-refractivity contribution in [1.82, 2.24) is 0 Å². The van der Waals surface area contributed by atoms with Gasteiger partial charge in [0.2, 0.25) is 0 Å². The van der Waals surface area contributed by atoms with Gasteiger partial charge < -0.3 is 18.9 Å². The van der Waals surface area contributed by atoms with Gasteiger partial charge in [-0.15, -0.1) is 0 Å².